The van der Waals surface area contributed by atoms with Gasteiger partial charge in [0.25, 0.3) is 0 Å². The summed E-state index contributed by atoms with van der Waals surface area (Å²) >= 11 is 2.23. The lowest BCUT2D eigenvalue weighted by Gasteiger charge is -2.26. The van der Waals surface area contributed by atoms with Gasteiger partial charge in [-0.25, -0.2) is 9.59 Å². The Balaban J connectivity index is 4.63. The second kappa shape index (κ2) is 8.05. The van der Waals surface area contributed by atoms with Crippen LogP contribution >= 0.6 is 22.6 Å². The quantitative estimate of drug-likeness (QED) is 0.437. The van der Waals surface area contributed by atoms with Gasteiger partial charge in [-0.1, -0.05) is 22.6 Å². The third-order valence-corrected chi connectivity index (χ3v) is 2.77. The Morgan fingerprint density at radius 1 is 1.05 bits per heavy atom. The van der Waals surface area contributed by atoms with Crippen LogP contribution in [0.2, 0.25) is 0 Å². The fourth-order valence-electron chi connectivity index (χ4n) is 1.35. The Labute approximate surface area is 135 Å². The summed E-state index contributed by atoms with van der Waals surface area (Å²) in [4.78, 5) is 23.8. The summed E-state index contributed by atoms with van der Waals surface area (Å²) in [5.74, 6) is -0.423. The third kappa shape index (κ3) is 10.3. The highest BCUT2D eigenvalue weighted by molar-refractivity contribution is 14.1. The minimum absolute atomic E-state index is 0.423. The number of halogens is 1. The van der Waals surface area contributed by atoms with Crippen LogP contribution < -0.4 is 5.32 Å². The molecular weight excluding hydrogens is 373 g/mol. The van der Waals surface area contributed by atoms with E-state index < -0.39 is 29.3 Å². The van der Waals surface area contributed by atoms with Crippen molar-refractivity contribution in [3.05, 3.63) is 0 Å². The maximum Gasteiger partial charge on any atom is 0.408 e. The number of hydrogen-bond donors (Lipinski definition) is 1. The molecule has 0 radical (unpaired) electrons. The molecule has 1 atom stereocenters. The molecule has 0 aromatic rings. The fraction of sp³-hybridized carbons (Fsp3) is 0.857. The highest BCUT2D eigenvalue weighted by atomic mass is 127. The number of alkyl halides is 1. The zero-order valence-electron chi connectivity index (χ0n) is 13.2. The van der Waals surface area contributed by atoms with E-state index >= 15 is 0 Å². The summed E-state index contributed by atoms with van der Waals surface area (Å²) in [6.45, 7) is 10.7. The van der Waals surface area contributed by atoms with Crippen LogP contribution in [0.4, 0.5) is 4.79 Å². The van der Waals surface area contributed by atoms with Crippen molar-refractivity contribution in [3.63, 3.8) is 0 Å². The number of carbonyl (C=O) groups is 2. The van der Waals surface area contributed by atoms with Crippen molar-refractivity contribution in [1.82, 2.24) is 5.32 Å². The largest absolute Gasteiger partial charge is 0.458 e. The Morgan fingerprint density at radius 3 is 1.95 bits per heavy atom. The number of amides is 1. The van der Waals surface area contributed by atoms with Crippen molar-refractivity contribution >= 4 is 34.7 Å². The minimum atomic E-state index is -0.668. The molecule has 0 saturated heterocycles. The first-order valence-electron chi connectivity index (χ1n) is 6.73. The zero-order chi connectivity index (χ0) is 16.0. The van der Waals surface area contributed by atoms with Crippen LogP contribution in [-0.2, 0) is 14.3 Å². The van der Waals surface area contributed by atoms with Gasteiger partial charge in [-0.3, -0.25) is 0 Å². The second-order valence-corrected chi connectivity index (χ2v) is 7.64. The smallest absolute Gasteiger partial charge is 0.408 e. The van der Waals surface area contributed by atoms with Gasteiger partial charge in [0.1, 0.15) is 17.2 Å². The number of ether oxygens (including phenoxy) is 2. The van der Waals surface area contributed by atoms with Gasteiger partial charge < -0.3 is 14.8 Å². The summed E-state index contributed by atoms with van der Waals surface area (Å²) in [6, 6.07) is -0.668. The molecule has 0 aromatic heterocycles. The Hall–Kier alpha value is -0.530. The molecule has 118 valence electrons. The first kappa shape index (κ1) is 19.5. The maximum absolute atomic E-state index is 12.1. The van der Waals surface area contributed by atoms with E-state index in [-0.39, 0.29) is 0 Å². The van der Waals surface area contributed by atoms with Crippen molar-refractivity contribution in [2.75, 3.05) is 4.43 Å². The van der Waals surface area contributed by atoms with Crippen LogP contribution in [0.1, 0.15) is 54.4 Å². The van der Waals surface area contributed by atoms with E-state index in [0.29, 0.717) is 6.42 Å². The van der Waals surface area contributed by atoms with E-state index in [2.05, 4.69) is 27.9 Å². The molecule has 1 N–H and O–H groups in total. The molecule has 0 rings (SSSR count). The van der Waals surface area contributed by atoms with Crippen LogP contribution in [0.5, 0.6) is 0 Å². The Morgan fingerprint density at radius 2 is 1.55 bits per heavy atom. The molecule has 20 heavy (non-hydrogen) atoms. The van der Waals surface area contributed by atoms with Gasteiger partial charge in [-0.2, -0.15) is 0 Å². The Kier molecular flexibility index (Phi) is 7.83. The molecule has 0 aliphatic rings. The molecule has 0 spiro atoms. The SMILES string of the molecule is CC(C)(C)OC(=O)NC(CCCI)C(=O)OC(C)(C)C. The number of hydrogen-bond acceptors (Lipinski definition) is 4. The van der Waals surface area contributed by atoms with Gasteiger partial charge >= 0.3 is 12.1 Å². The Bertz CT molecular complexity index is 331. The number of rotatable bonds is 5. The van der Waals surface area contributed by atoms with Gasteiger partial charge in [0.2, 0.25) is 0 Å². The van der Waals surface area contributed by atoms with Gasteiger partial charge in [-0.05, 0) is 58.8 Å². The van der Waals surface area contributed by atoms with Gasteiger partial charge in [-0.15, -0.1) is 0 Å². The standard InChI is InChI=1S/C14H26INO4/c1-13(2,3)19-11(17)10(8-7-9-15)16-12(18)20-14(4,5)6/h10H,7-9H2,1-6H3,(H,16,18). The molecule has 0 heterocycles. The number of alkyl carbamates (subject to hydrolysis) is 1. The van der Waals surface area contributed by atoms with E-state index in [1.807, 2.05) is 0 Å². The molecule has 6 heteroatoms. The van der Waals surface area contributed by atoms with Crippen LogP contribution in [-0.4, -0.2) is 33.7 Å². The lowest BCUT2D eigenvalue weighted by molar-refractivity contribution is -0.157. The summed E-state index contributed by atoms with van der Waals surface area (Å²) < 4.78 is 11.4. The van der Waals surface area contributed by atoms with Crippen LogP contribution in [0, 0.1) is 0 Å². The zero-order valence-corrected chi connectivity index (χ0v) is 15.4. The molecule has 1 amide bonds. The normalized spacial score (nSPS) is 13.6. The topological polar surface area (TPSA) is 64.6 Å². The highest BCUT2D eigenvalue weighted by Crippen LogP contribution is 2.13. The number of carbonyl (C=O) groups excluding carboxylic acids is 2. The van der Waals surface area contributed by atoms with Crippen molar-refractivity contribution < 1.29 is 19.1 Å². The molecule has 0 aromatic carbocycles. The second-order valence-electron chi connectivity index (χ2n) is 6.56. The average molecular weight is 399 g/mol. The van der Waals surface area contributed by atoms with Crippen molar-refractivity contribution in [2.24, 2.45) is 0 Å². The van der Waals surface area contributed by atoms with E-state index in [1.165, 1.54) is 0 Å². The van der Waals surface area contributed by atoms with Crippen molar-refractivity contribution in [1.29, 1.82) is 0 Å². The predicted molar refractivity (Wildman–Crippen MR) is 87.1 cm³/mol. The van der Waals surface area contributed by atoms with E-state index in [0.717, 1.165) is 10.8 Å². The van der Waals surface area contributed by atoms with E-state index in [1.54, 1.807) is 41.5 Å². The molecule has 0 saturated carbocycles. The summed E-state index contributed by atoms with van der Waals surface area (Å²) in [5, 5.41) is 2.59. The van der Waals surface area contributed by atoms with E-state index in [4.69, 9.17) is 9.47 Å². The molecule has 0 bridgehead atoms. The summed E-state index contributed by atoms with van der Waals surface area (Å²) in [5.41, 5.74) is -1.17. The van der Waals surface area contributed by atoms with E-state index in [9.17, 15) is 9.59 Å². The first-order valence-corrected chi connectivity index (χ1v) is 8.25. The van der Waals surface area contributed by atoms with Gasteiger partial charge in [0.15, 0.2) is 0 Å². The monoisotopic (exact) mass is 399 g/mol. The average Bonchev–Trinajstić information content (AvgIpc) is 2.18. The predicted octanol–water partition coefficient (Wildman–Crippen LogP) is 3.44. The van der Waals surface area contributed by atoms with Gasteiger partial charge in [0.05, 0.1) is 0 Å². The number of nitrogens with one attached hydrogen (secondary N) is 1. The minimum Gasteiger partial charge on any atom is -0.458 e. The lowest BCUT2D eigenvalue weighted by atomic mass is 10.1. The molecule has 5 nitrogen and oxygen atoms in total. The van der Waals surface area contributed by atoms with Crippen LogP contribution in [0.15, 0.2) is 0 Å². The molecular formula is C14H26INO4. The maximum atomic E-state index is 12.1. The fourth-order valence-corrected chi connectivity index (χ4v) is 1.79. The lowest BCUT2D eigenvalue weighted by Crippen LogP contribution is -2.46. The van der Waals surface area contributed by atoms with Crippen LogP contribution in [0.3, 0.4) is 0 Å². The summed E-state index contributed by atoms with van der Waals surface area (Å²) in [7, 11) is 0. The first-order chi connectivity index (χ1) is 8.94. The highest BCUT2D eigenvalue weighted by Gasteiger charge is 2.28. The molecule has 0 fully saturated rings. The molecule has 0 aliphatic heterocycles. The third-order valence-electron chi connectivity index (χ3n) is 2.01. The molecule has 0 aliphatic carbocycles. The number of esters is 1. The van der Waals surface area contributed by atoms with Crippen LogP contribution in [0.25, 0.3) is 0 Å². The molecule has 1 unspecified atom stereocenters. The van der Waals surface area contributed by atoms with Gasteiger partial charge in [0, 0.05) is 0 Å². The summed E-state index contributed by atoms with van der Waals surface area (Å²) in [6.07, 6.45) is 0.763. The van der Waals surface area contributed by atoms with Crippen molar-refractivity contribution in [2.45, 2.75) is 71.6 Å². The van der Waals surface area contributed by atoms with Crippen molar-refractivity contribution in [3.8, 4) is 0 Å².